The van der Waals surface area contributed by atoms with Gasteiger partial charge < -0.3 is 9.80 Å². The molecule has 2 aliphatic rings. The highest BCUT2D eigenvalue weighted by molar-refractivity contribution is 7.26. The van der Waals surface area contributed by atoms with Crippen LogP contribution in [0.25, 0.3) is 53.6 Å². The van der Waals surface area contributed by atoms with E-state index in [1.54, 1.807) is 0 Å². The van der Waals surface area contributed by atoms with Crippen molar-refractivity contribution in [3.8, 4) is 33.4 Å². The van der Waals surface area contributed by atoms with Crippen molar-refractivity contribution in [2.75, 3.05) is 9.80 Å². The zero-order valence-electron chi connectivity index (χ0n) is 34.9. The number of rotatable bonds is 7. The number of nitrogens with zero attached hydrogens (tertiary/aromatic N) is 2. The predicted octanol–water partition coefficient (Wildman–Crippen LogP) is 17.0. The smallest absolute Gasteiger partial charge is 0.0727 e. The first-order valence-corrected chi connectivity index (χ1v) is 22.8. The SMILES string of the molecule is c1ccc(-c2ccc(N(c3ccccc3)c3ccc4c(c3)C3(c5ccccc5-4)c4ccccc4-c4c(N(c5ccccc5)c5cccc6c5sc5ccccc56)cccc43)cc2)cc1. The third-order valence-corrected chi connectivity index (χ3v) is 14.7. The van der Waals surface area contributed by atoms with Crippen molar-refractivity contribution in [2.45, 2.75) is 5.41 Å². The Balaban J connectivity index is 1.06. The molecule has 0 N–H and O–H groups in total. The Bertz CT molecular complexity index is 3560. The van der Waals surface area contributed by atoms with Crippen LogP contribution in [0, 0.1) is 0 Å². The maximum Gasteiger partial charge on any atom is 0.0727 e. The van der Waals surface area contributed by atoms with Gasteiger partial charge in [-0.05, 0) is 117 Å². The van der Waals surface area contributed by atoms with Gasteiger partial charge in [-0.3, -0.25) is 0 Å². The lowest BCUT2D eigenvalue weighted by Gasteiger charge is -2.33. The monoisotopic (exact) mass is 832 g/mol. The number of para-hydroxylation sites is 2. The highest BCUT2D eigenvalue weighted by atomic mass is 32.1. The first-order valence-electron chi connectivity index (χ1n) is 22.0. The van der Waals surface area contributed by atoms with E-state index in [1.807, 2.05) is 11.3 Å². The van der Waals surface area contributed by atoms with E-state index in [-0.39, 0.29) is 0 Å². The van der Waals surface area contributed by atoms with Gasteiger partial charge in [0.25, 0.3) is 0 Å². The number of hydrogen-bond donors (Lipinski definition) is 0. The lowest BCUT2D eigenvalue weighted by molar-refractivity contribution is 0.793. The van der Waals surface area contributed by atoms with Crippen LogP contribution in [0.2, 0.25) is 0 Å². The van der Waals surface area contributed by atoms with Gasteiger partial charge in [-0.1, -0.05) is 176 Å². The molecule has 0 fully saturated rings. The molecule has 10 aromatic carbocycles. The summed E-state index contributed by atoms with van der Waals surface area (Å²) in [7, 11) is 0. The Labute approximate surface area is 377 Å². The van der Waals surface area contributed by atoms with Crippen LogP contribution >= 0.6 is 11.3 Å². The molecule has 0 saturated carbocycles. The van der Waals surface area contributed by atoms with E-state index in [0.29, 0.717) is 0 Å². The van der Waals surface area contributed by atoms with E-state index < -0.39 is 5.41 Å². The van der Waals surface area contributed by atoms with Gasteiger partial charge in [0.05, 0.1) is 21.5 Å². The fraction of sp³-hybridized carbons (Fsp3) is 0.0164. The molecule has 3 heteroatoms. The van der Waals surface area contributed by atoms with E-state index in [0.717, 1.165) is 22.7 Å². The van der Waals surface area contributed by atoms with E-state index in [9.17, 15) is 0 Å². The molecule has 1 heterocycles. The standard InChI is InChI=1S/C61H40N2S/c1-4-18-41(19-5-1)42-34-36-45(37-35-42)62(43-20-6-2-7-21-43)46-38-39-48-47-24-10-13-28-52(47)61(55(48)40-46)53-29-14-11-26-51(53)59-54(61)30-17-31-56(59)63(44-22-8-3-9-23-44)57-32-16-27-50-49-25-12-15-33-58(49)64-60(50)57/h1-40H. The summed E-state index contributed by atoms with van der Waals surface area (Å²) in [5.41, 5.74) is 19.0. The number of benzene rings is 10. The molecular formula is C61H40N2S. The first-order chi connectivity index (χ1) is 31.8. The molecule has 1 atom stereocenters. The Hall–Kier alpha value is -7.98. The van der Waals surface area contributed by atoms with Crippen LogP contribution in [0.15, 0.2) is 243 Å². The summed E-state index contributed by atoms with van der Waals surface area (Å²) >= 11 is 1.88. The molecule has 1 spiro atoms. The summed E-state index contributed by atoms with van der Waals surface area (Å²) in [5.74, 6) is 0. The largest absolute Gasteiger partial charge is 0.310 e. The summed E-state index contributed by atoms with van der Waals surface area (Å²) < 4.78 is 2.58. The van der Waals surface area contributed by atoms with Crippen molar-refractivity contribution in [1.29, 1.82) is 0 Å². The molecule has 13 rings (SSSR count). The third kappa shape index (κ3) is 5.38. The van der Waals surface area contributed by atoms with Gasteiger partial charge in [0.1, 0.15) is 0 Å². The van der Waals surface area contributed by atoms with Crippen molar-refractivity contribution < 1.29 is 0 Å². The summed E-state index contributed by atoms with van der Waals surface area (Å²) in [6.45, 7) is 0. The highest BCUT2D eigenvalue weighted by Crippen LogP contribution is 2.65. The molecule has 0 aliphatic heterocycles. The van der Waals surface area contributed by atoms with Crippen LogP contribution in [-0.4, -0.2) is 0 Å². The van der Waals surface area contributed by atoms with E-state index in [4.69, 9.17) is 0 Å². The topological polar surface area (TPSA) is 6.48 Å². The Morgan fingerprint density at radius 3 is 1.59 bits per heavy atom. The quantitative estimate of drug-likeness (QED) is 0.158. The van der Waals surface area contributed by atoms with Gasteiger partial charge in [0, 0.05) is 43.8 Å². The molecule has 64 heavy (non-hydrogen) atoms. The average Bonchev–Trinajstić information content (AvgIpc) is 4.00. The average molecular weight is 833 g/mol. The van der Waals surface area contributed by atoms with Crippen LogP contribution in [0.5, 0.6) is 0 Å². The van der Waals surface area contributed by atoms with Crippen LogP contribution in [0.1, 0.15) is 22.3 Å². The van der Waals surface area contributed by atoms with Gasteiger partial charge in [-0.2, -0.15) is 0 Å². The Morgan fingerprint density at radius 2 is 0.828 bits per heavy atom. The number of anilines is 6. The van der Waals surface area contributed by atoms with Crippen molar-refractivity contribution in [2.24, 2.45) is 0 Å². The molecule has 1 aromatic heterocycles. The number of fused-ring (bicyclic) bond motifs is 13. The molecule has 2 nitrogen and oxygen atoms in total. The molecule has 300 valence electrons. The molecule has 2 aliphatic carbocycles. The van der Waals surface area contributed by atoms with Crippen LogP contribution in [-0.2, 0) is 5.41 Å². The Morgan fingerprint density at radius 1 is 0.312 bits per heavy atom. The number of hydrogen-bond acceptors (Lipinski definition) is 3. The second-order valence-corrected chi connectivity index (χ2v) is 17.8. The zero-order valence-corrected chi connectivity index (χ0v) is 35.7. The van der Waals surface area contributed by atoms with E-state index in [2.05, 4.69) is 252 Å². The van der Waals surface area contributed by atoms with Gasteiger partial charge in [0.2, 0.25) is 0 Å². The summed E-state index contributed by atoms with van der Waals surface area (Å²) in [4.78, 5) is 4.92. The van der Waals surface area contributed by atoms with E-state index in [1.165, 1.54) is 87.2 Å². The Kier molecular flexibility index (Phi) is 8.34. The van der Waals surface area contributed by atoms with Crippen molar-refractivity contribution in [3.05, 3.63) is 265 Å². The number of thiophene rings is 1. The molecule has 0 radical (unpaired) electrons. The van der Waals surface area contributed by atoms with Crippen LogP contribution < -0.4 is 9.80 Å². The fourth-order valence-electron chi connectivity index (χ4n) is 10.8. The lowest BCUT2D eigenvalue weighted by Crippen LogP contribution is -2.26. The minimum atomic E-state index is -0.560. The zero-order chi connectivity index (χ0) is 42.2. The van der Waals surface area contributed by atoms with Crippen LogP contribution in [0.3, 0.4) is 0 Å². The van der Waals surface area contributed by atoms with E-state index >= 15 is 0 Å². The van der Waals surface area contributed by atoms with Crippen molar-refractivity contribution in [3.63, 3.8) is 0 Å². The van der Waals surface area contributed by atoms with Crippen LogP contribution in [0.4, 0.5) is 34.1 Å². The third-order valence-electron chi connectivity index (χ3n) is 13.5. The minimum absolute atomic E-state index is 0.560. The first kappa shape index (κ1) is 36.7. The maximum atomic E-state index is 2.51. The summed E-state index contributed by atoms with van der Waals surface area (Å²) in [6, 6.07) is 89.4. The van der Waals surface area contributed by atoms with Gasteiger partial charge >= 0.3 is 0 Å². The normalized spacial score (nSPS) is 14.3. The van der Waals surface area contributed by atoms with Gasteiger partial charge in [-0.25, -0.2) is 0 Å². The van der Waals surface area contributed by atoms with Gasteiger partial charge in [-0.15, -0.1) is 11.3 Å². The molecule has 0 bridgehead atoms. The van der Waals surface area contributed by atoms with Crippen molar-refractivity contribution in [1.82, 2.24) is 0 Å². The molecule has 1 unspecified atom stereocenters. The van der Waals surface area contributed by atoms with Gasteiger partial charge in [0.15, 0.2) is 0 Å². The summed E-state index contributed by atoms with van der Waals surface area (Å²) in [6.07, 6.45) is 0. The maximum absolute atomic E-state index is 2.51. The molecule has 0 saturated heterocycles. The predicted molar refractivity (Wildman–Crippen MR) is 270 cm³/mol. The fourth-order valence-corrected chi connectivity index (χ4v) is 12.0. The minimum Gasteiger partial charge on any atom is -0.310 e. The van der Waals surface area contributed by atoms with Crippen molar-refractivity contribution >= 4 is 65.6 Å². The lowest BCUT2D eigenvalue weighted by atomic mass is 9.70. The molecule has 0 amide bonds. The highest BCUT2D eigenvalue weighted by Gasteiger charge is 2.52. The molecule has 11 aromatic rings. The summed E-state index contributed by atoms with van der Waals surface area (Å²) in [5, 5.41) is 2.58. The second-order valence-electron chi connectivity index (χ2n) is 16.8. The second kappa shape index (κ2) is 14.6. The molecular weight excluding hydrogens is 793 g/mol.